The summed E-state index contributed by atoms with van der Waals surface area (Å²) in [5.74, 6) is -0.470. The van der Waals surface area contributed by atoms with Gasteiger partial charge in [-0.25, -0.2) is 9.37 Å². The van der Waals surface area contributed by atoms with Gasteiger partial charge in [0.05, 0.1) is 10.6 Å². The monoisotopic (exact) mass is 400 g/mol. The number of halogens is 3. The molecule has 0 aliphatic carbocycles. The molecule has 1 aromatic heterocycles. The maximum atomic E-state index is 13.4. The molecule has 134 valence electrons. The van der Waals surface area contributed by atoms with E-state index in [9.17, 15) is 9.18 Å². The molecule has 7 heteroatoms. The van der Waals surface area contributed by atoms with Crippen LogP contribution in [0.15, 0.2) is 65.1 Å². The van der Waals surface area contributed by atoms with E-state index < -0.39 is 5.91 Å². The summed E-state index contributed by atoms with van der Waals surface area (Å²) in [6.07, 6.45) is 0. The normalized spacial score (nSPS) is 10.9. The zero-order valence-electron chi connectivity index (χ0n) is 13.7. The first-order valence-electron chi connectivity index (χ1n) is 7.92. The Morgan fingerprint density at radius 1 is 1.04 bits per heavy atom. The lowest BCUT2D eigenvalue weighted by Crippen LogP contribution is -2.12. The van der Waals surface area contributed by atoms with E-state index in [1.165, 1.54) is 18.2 Å². The Kier molecular flexibility index (Phi) is 4.56. The molecule has 27 heavy (non-hydrogen) atoms. The summed E-state index contributed by atoms with van der Waals surface area (Å²) in [4.78, 5) is 16.8. The number of carbonyl (C=O) groups excluding carboxylic acids is 1. The number of benzene rings is 3. The fraction of sp³-hybridized carbons (Fsp3) is 0. The van der Waals surface area contributed by atoms with Gasteiger partial charge in [-0.2, -0.15) is 0 Å². The van der Waals surface area contributed by atoms with Crippen molar-refractivity contribution in [3.63, 3.8) is 0 Å². The fourth-order valence-electron chi connectivity index (χ4n) is 2.62. The predicted octanol–water partition coefficient (Wildman–Crippen LogP) is 6.19. The second kappa shape index (κ2) is 7.02. The lowest BCUT2D eigenvalue weighted by atomic mass is 10.2. The second-order valence-electron chi connectivity index (χ2n) is 5.79. The van der Waals surface area contributed by atoms with Crippen LogP contribution in [0, 0.1) is 5.82 Å². The number of oxazole rings is 1. The molecule has 0 spiro atoms. The molecule has 1 heterocycles. The van der Waals surface area contributed by atoms with Crippen molar-refractivity contribution < 1.29 is 13.6 Å². The van der Waals surface area contributed by atoms with Gasteiger partial charge >= 0.3 is 0 Å². The molecule has 3 aromatic carbocycles. The lowest BCUT2D eigenvalue weighted by Gasteiger charge is -2.07. The molecule has 1 N–H and O–H groups in total. The molecule has 0 saturated carbocycles. The molecular weight excluding hydrogens is 390 g/mol. The van der Waals surface area contributed by atoms with E-state index >= 15 is 0 Å². The van der Waals surface area contributed by atoms with E-state index in [0.29, 0.717) is 38.3 Å². The van der Waals surface area contributed by atoms with Crippen molar-refractivity contribution in [2.75, 3.05) is 5.32 Å². The number of hydrogen-bond donors (Lipinski definition) is 1. The number of aromatic nitrogens is 1. The molecule has 0 aliphatic rings. The van der Waals surface area contributed by atoms with Crippen LogP contribution in [0.5, 0.6) is 0 Å². The van der Waals surface area contributed by atoms with E-state index in [2.05, 4.69) is 10.3 Å². The van der Waals surface area contributed by atoms with Gasteiger partial charge in [0, 0.05) is 16.3 Å². The van der Waals surface area contributed by atoms with Crippen LogP contribution >= 0.6 is 23.2 Å². The highest BCUT2D eigenvalue weighted by molar-refractivity contribution is 6.36. The number of fused-ring (bicyclic) bond motifs is 1. The van der Waals surface area contributed by atoms with Crippen molar-refractivity contribution in [2.24, 2.45) is 0 Å². The highest BCUT2D eigenvalue weighted by Gasteiger charge is 2.13. The van der Waals surface area contributed by atoms with Crippen LogP contribution in [0.4, 0.5) is 10.1 Å². The zero-order chi connectivity index (χ0) is 19.0. The highest BCUT2D eigenvalue weighted by Crippen LogP contribution is 2.27. The summed E-state index contributed by atoms with van der Waals surface area (Å²) in [5.41, 5.74) is 2.37. The highest BCUT2D eigenvalue weighted by atomic mass is 35.5. The minimum absolute atomic E-state index is 0.268. The Hall–Kier alpha value is -2.89. The van der Waals surface area contributed by atoms with Crippen molar-refractivity contribution in [3.05, 3.63) is 82.1 Å². The van der Waals surface area contributed by atoms with Gasteiger partial charge in [0.25, 0.3) is 5.91 Å². The van der Waals surface area contributed by atoms with Crippen LogP contribution in [0.2, 0.25) is 10.0 Å². The summed E-state index contributed by atoms with van der Waals surface area (Å²) in [7, 11) is 0. The third kappa shape index (κ3) is 3.65. The number of amides is 1. The largest absolute Gasteiger partial charge is 0.436 e. The van der Waals surface area contributed by atoms with Crippen LogP contribution in [-0.4, -0.2) is 10.9 Å². The SMILES string of the molecule is O=C(Nc1ccc2oc(-c3cccc(F)c3)nc2c1)c1cc(Cl)ccc1Cl. The molecule has 0 aliphatic heterocycles. The molecule has 4 rings (SSSR count). The number of nitrogens with one attached hydrogen (secondary N) is 1. The number of anilines is 1. The minimum atomic E-state index is -0.393. The van der Waals surface area contributed by atoms with Crippen molar-refractivity contribution in [1.82, 2.24) is 4.98 Å². The van der Waals surface area contributed by atoms with Crippen molar-refractivity contribution >= 4 is 45.9 Å². The van der Waals surface area contributed by atoms with Crippen molar-refractivity contribution in [2.45, 2.75) is 0 Å². The predicted molar refractivity (Wildman–Crippen MR) is 104 cm³/mol. The Morgan fingerprint density at radius 2 is 1.89 bits per heavy atom. The van der Waals surface area contributed by atoms with Crippen LogP contribution in [0.1, 0.15) is 10.4 Å². The summed E-state index contributed by atoms with van der Waals surface area (Å²) in [6.45, 7) is 0. The quantitative estimate of drug-likeness (QED) is 0.445. The molecule has 1 amide bonds. The van der Waals surface area contributed by atoms with Gasteiger partial charge in [0.1, 0.15) is 11.3 Å². The van der Waals surface area contributed by atoms with Crippen LogP contribution in [0.25, 0.3) is 22.6 Å². The van der Waals surface area contributed by atoms with Crippen LogP contribution in [0.3, 0.4) is 0 Å². The van der Waals surface area contributed by atoms with E-state index in [4.69, 9.17) is 27.6 Å². The minimum Gasteiger partial charge on any atom is -0.436 e. The molecule has 0 saturated heterocycles. The summed E-state index contributed by atoms with van der Waals surface area (Å²) in [5, 5.41) is 3.46. The number of rotatable bonds is 3. The molecule has 4 aromatic rings. The molecule has 0 radical (unpaired) electrons. The molecule has 0 fully saturated rings. The maximum Gasteiger partial charge on any atom is 0.257 e. The standard InChI is InChI=1S/C20H11Cl2FN2O2/c21-12-4-6-16(22)15(9-12)19(26)24-14-5-7-18-17(10-14)25-20(27-18)11-2-1-3-13(23)8-11/h1-10H,(H,24,26). The van der Waals surface area contributed by atoms with E-state index in [0.717, 1.165) is 0 Å². The van der Waals surface area contributed by atoms with Gasteiger partial charge in [-0.3, -0.25) is 4.79 Å². The first-order chi connectivity index (χ1) is 13.0. The summed E-state index contributed by atoms with van der Waals surface area (Å²) in [6, 6.07) is 15.7. The third-order valence-corrected chi connectivity index (χ3v) is 4.45. The molecule has 0 unspecified atom stereocenters. The Labute approximate surface area is 163 Å². The Morgan fingerprint density at radius 3 is 2.70 bits per heavy atom. The van der Waals surface area contributed by atoms with Gasteiger partial charge in [0.15, 0.2) is 5.58 Å². The second-order valence-corrected chi connectivity index (χ2v) is 6.63. The van der Waals surface area contributed by atoms with E-state index in [1.54, 1.807) is 42.5 Å². The molecule has 0 atom stereocenters. The van der Waals surface area contributed by atoms with E-state index in [-0.39, 0.29) is 11.4 Å². The summed E-state index contributed by atoms with van der Waals surface area (Å²) >= 11 is 12.0. The van der Waals surface area contributed by atoms with Gasteiger partial charge in [-0.1, -0.05) is 29.3 Å². The van der Waals surface area contributed by atoms with Gasteiger partial charge in [-0.05, 0) is 54.6 Å². The van der Waals surface area contributed by atoms with Crippen molar-refractivity contribution in [3.8, 4) is 11.5 Å². The topological polar surface area (TPSA) is 55.1 Å². The Bertz CT molecular complexity index is 1170. The third-order valence-electron chi connectivity index (χ3n) is 3.89. The van der Waals surface area contributed by atoms with Gasteiger partial charge in [0.2, 0.25) is 5.89 Å². The number of carbonyl (C=O) groups is 1. The van der Waals surface area contributed by atoms with Gasteiger partial charge in [-0.15, -0.1) is 0 Å². The molecular formula is C20H11Cl2FN2O2. The first-order valence-corrected chi connectivity index (χ1v) is 8.68. The van der Waals surface area contributed by atoms with Crippen LogP contribution < -0.4 is 5.32 Å². The Balaban J connectivity index is 1.64. The summed E-state index contributed by atoms with van der Waals surface area (Å²) < 4.78 is 19.1. The number of hydrogen-bond acceptors (Lipinski definition) is 3. The maximum absolute atomic E-state index is 13.4. The van der Waals surface area contributed by atoms with Crippen LogP contribution in [-0.2, 0) is 0 Å². The number of nitrogens with zero attached hydrogens (tertiary/aromatic N) is 1. The van der Waals surface area contributed by atoms with Crippen molar-refractivity contribution in [1.29, 1.82) is 0 Å². The van der Waals surface area contributed by atoms with E-state index in [1.807, 2.05) is 0 Å². The average Bonchev–Trinajstić information content (AvgIpc) is 3.07. The smallest absolute Gasteiger partial charge is 0.257 e. The fourth-order valence-corrected chi connectivity index (χ4v) is 3.00. The molecule has 4 nitrogen and oxygen atoms in total. The lowest BCUT2D eigenvalue weighted by molar-refractivity contribution is 0.102. The molecule has 0 bridgehead atoms. The average molecular weight is 401 g/mol. The first kappa shape index (κ1) is 17.5. The zero-order valence-corrected chi connectivity index (χ0v) is 15.2. The van der Waals surface area contributed by atoms with Gasteiger partial charge < -0.3 is 9.73 Å².